The Morgan fingerprint density at radius 3 is 2.78 bits per heavy atom. The van der Waals surface area contributed by atoms with Gasteiger partial charge >= 0.3 is 0 Å². The number of hydrogen-bond donors (Lipinski definition) is 1. The molecule has 0 aliphatic heterocycles. The van der Waals surface area contributed by atoms with Crippen LogP contribution in [0.2, 0.25) is 0 Å². The van der Waals surface area contributed by atoms with E-state index in [9.17, 15) is 4.21 Å². The fourth-order valence-corrected chi connectivity index (χ4v) is 5.00. The van der Waals surface area contributed by atoms with E-state index < -0.39 is 10.8 Å². The van der Waals surface area contributed by atoms with Crippen molar-refractivity contribution in [3.8, 4) is 0 Å². The fraction of sp³-hybridized carbons (Fsp3) is 0.571. The van der Waals surface area contributed by atoms with Crippen LogP contribution in [0.15, 0.2) is 33.6 Å². The molecule has 4 heteroatoms. The summed E-state index contributed by atoms with van der Waals surface area (Å²) in [7, 11) is -0.931. The summed E-state index contributed by atoms with van der Waals surface area (Å²) >= 11 is 3.44. The molecule has 2 nitrogen and oxygen atoms in total. The molecule has 0 amide bonds. The highest BCUT2D eigenvalue weighted by Gasteiger charge is 2.28. The van der Waals surface area contributed by atoms with Crippen molar-refractivity contribution < 1.29 is 4.21 Å². The minimum atomic E-state index is -0.931. The van der Waals surface area contributed by atoms with Gasteiger partial charge < -0.3 is 5.73 Å². The van der Waals surface area contributed by atoms with Crippen LogP contribution in [-0.2, 0) is 10.8 Å². The van der Waals surface area contributed by atoms with Crippen molar-refractivity contribution in [1.82, 2.24) is 0 Å². The third-order valence-corrected chi connectivity index (χ3v) is 6.08. The summed E-state index contributed by atoms with van der Waals surface area (Å²) in [5.41, 5.74) is 5.87. The summed E-state index contributed by atoms with van der Waals surface area (Å²) in [6.45, 7) is 0.657. The normalized spacial score (nSPS) is 26.6. The van der Waals surface area contributed by atoms with Crippen LogP contribution in [0, 0.1) is 5.92 Å². The summed E-state index contributed by atoms with van der Waals surface area (Å²) in [6.07, 6.45) is 5.83. The quantitative estimate of drug-likeness (QED) is 0.863. The first kappa shape index (κ1) is 14.2. The van der Waals surface area contributed by atoms with Gasteiger partial charge in [-0.05, 0) is 43.5 Å². The molecule has 3 atom stereocenters. The Kier molecular flexibility index (Phi) is 5.39. The van der Waals surface area contributed by atoms with Crippen LogP contribution in [0.3, 0.4) is 0 Å². The van der Waals surface area contributed by atoms with E-state index in [2.05, 4.69) is 15.9 Å². The van der Waals surface area contributed by atoms with Gasteiger partial charge in [0.2, 0.25) is 0 Å². The molecule has 1 aliphatic carbocycles. The molecule has 0 saturated heterocycles. The molecule has 18 heavy (non-hydrogen) atoms. The molecule has 1 aromatic rings. The Balaban J connectivity index is 2.19. The summed E-state index contributed by atoms with van der Waals surface area (Å²) in [5.74, 6) is 0.410. The molecular weight excluding hydrogens is 310 g/mol. The molecule has 0 heterocycles. The van der Waals surface area contributed by atoms with E-state index in [1.807, 2.05) is 24.3 Å². The molecule has 0 bridgehead atoms. The highest BCUT2D eigenvalue weighted by Crippen LogP contribution is 2.30. The molecule has 2 N–H and O–H groups in total. The summed E-state index contributed by atoms with van der Waals surface area (Å²) in [5, 5.41) is 0.229. The number of rotatable bonds is 3. The average Bonchev–Trinajstić information content (AvgIpc) is 2.62. The van der Waals surface area contributed by atoms with Crippen molar-refractivity contribution in [2.24, 2.45) is 11.7 Å². The SMILES string of the molecule is NCC1CCCCCC1S(=O)c1cccc(Br)c1. The van der Waals surface area contributed by atoms with E-state index in [1.165, 1.54) is 19.3 Å². The molecule has 100 valence electrons. The second-order valence-electron chi connectivity index (χ2n) is 4.93. The van der Waals surface area contributed by atoms with Crippen LogP contribution in [0.1, 0.15) is 32.1 Å². The van der Waals surface area contributed by atoms with Crippen LogP contribution in [-0.4, -0.2) is 16.0 Å². The van der Waals surface area contributed by atoms with E-state index >= 15 is 0 Å². The molecule has 0 aromatic heterocycles. The maximum absolute atomic E-state index is 12.7. The highest BCUT2D eigenvalue weighted by atomic mass is 79.9. The predicted molar refractivity (Wildman–Crippen MR) is 80.0 cm³/mol. The topological polar surface area (TPSA) is 43.1 Å². The zero-order chi connectivity index (χ0) is 13.0. The van der Waals surface area contributed by atoms with Gasteiger partial charge in [0.15, 0.2) is 0 Å². The van der Waals surface area contributed by atoms with Crippen molar-refractivity contribution in [1.29, 1.82) is 0 Å². The van der Waals surface area contributed by atoms with Gasteiger partial charge in [0, 0.05) is 14.6 Å². The molecule has 1 aliphatic rings. The van der Waals surface area contributed by atoms with Crippen molar-refractivity contribution in [3.05, 3.63) is 28.7 Å². The Labute approximate surface area is 120 Å². The van der Waals surface area contributed by atoms with Gasteiger partial charge in [0.05, 0.1) is 10.8 Å². The predicted octanol–water partition coefficient (Wildman–Crippen LogP) is 3.46. The largest absolute Gasteiger partial charge is 0.330 e. The maximum atomic E-state index is 12.7. The van der Waals surface area contributed by atoms with E-state index in [1.54, 1.807) is 0 Å². The molecule has 2 rings (SSSR count). The monoisotopic (exact) mass is 329 g/mol. The molecule has 0 radical (unpaired) electrons. The molecular formula is C14H20BrNOS. The van der Waals surface area contributed by atoms with Gasteiger partial charge in [0.25, 0.3) is 0 Å². The first-order valence-electron chi connectivity index (χ1n) is 6.58. The second kappa shape index (κ2) is 6.83. The lowest BCUT2D eigenvalue weighted by molar-refractivity contribution is 0.473. The Hall–Kier alpha value is -0.190. The Morgan fingerprint density at radius 1 is 1.28 bits per heavy atom. The number of benzene rings is 1. The molecule has 3 unspecified atom stereocenters. The minimum absolute atomic E-state index is 0.229. The van der Waals surface area contributed by atoms with Crippen molar-refractivity contribution >= 4 is 26.7 Å². The standard InChI is InChI=1S/C14H20BrNOS/c15-12-6-4-7-13(9-12)18(17)14-8-3-1-2-5-11(14)10-16/h4,6-7,9,11,14H,1-3,5,8,10,16H2. The lowest BCUT2D eigenvalue weighted by Crippen LogP contribution is -2.30. The van der Waals surface area contributed by atoms with E-state index in [0.717, 1.165) is 22.2 Å². The van der Waals surface area contributed by atoms with Gasteiger partial charge in [-0.15, -0.1) is 0 Å². The van der Waals surface area contributed by atoms with Crippen LogP contribution >= 0.6 is 15.9 Å². The number of hydrogen-bond acceptors (Lipinski definition) is 2. The Morgan fingerprint density at radius 2 is 2.06 bits per heavy atom. The van der Waals surface area contributed by atoms with Crippen LogP contribution in [0.4, 0.5) is 0 Å². The van der Waals surface area contributed by atoms with Gasteiger partial charge in [-0.3, -0.25) is 4.21 Å². The maximum Gasteiger partial charge on any atom is 0.0564 e. The lowest BCUT2D eigenvalue weighted by atomic mass is 10.0. The molecule has 0 spiro atoms. The van der Waals surface area contributed by atoms with E-state index in [0.29, 0.717) is 12.5 Å². The van der Waals surface area contributed by atoms with Crippen molar-refractivity contribution in [3.63, 3.8) is 0 Å². The number of nitrogens with two attached hydrogens (primary N) is 1. The molecule has 1 saturated carbocycles. The number of halogens is 1. The van der Waals surface area contributed by atoms with Gasteiger partial charge in [-0.1, -0.05) is 41.3 Å². The molecule has 1 aromatic carbocycles. The second-order valence-corrected chi connectivity index (χ2v) is 7.51. The van der Waals surface area contributed by atoms with Crippen LogP contribution in [0.25, 0.3) is 0 Å². The third kappa shape index (κ3) is 3.43. The third-order valence-electron chi connectivity index (χ3n) is 3.70. The highest BCUT2D eigenvalue weighted by molar-refractivity contribution is 9.10. The van der Waals surface area contributed by atoms with Crippen molar-refractivity contribution in [2.45, 2.75) is 42.2 Å². The first-order valence-corrected chi connectivity index (χ1v) is 8.59. The van der Waals surface area contributed by atoms with E-state index in [-0.39, 0.29) is 5.25 Å². The van der Waals surface area contributed by atoms with Gasteiger partial charge in [0.1, 0.15) is 0 Å². The summed E-state index contributed by atoms with van der Waals surface area (Å²) < 4.78 is 13.7. The first-order chi connectivity index (χ1) is 8.72. The summed E-state index contributed by atoms with van der Waals surface area (Å²) in [4.78, 5) is 0.926. The van der Waals surface area contributed by atoms with Crippen molar-refractivity contribution in [2.75, 3.05) is 6.54 Å². The van der Waals surface area contributed by atoms with E-state index in [4.69, 9.17) is 5.73 Å². The average molecular weight is 330 g/mol. The molecule has 1 fully saturated rings. The van der Waals surface area contributed by atoms with Crippen LogP contribution in [0.5, 0.6) is 0 Å². The van der Waals surface area contributed by atoms with Crippen LogP contribution < -0.4 is 5.73 Å². The zero-order valence-electron chi connectivity index (χ0n) is 10.5. The summed E-state index contributed by atoms with van der Waals surface area (Å²) in [6, 6.07) is 7.84. The lowest BCUT2D eigenvalue weighted by Gasteiger charge is -2.23. The zero-order valence-corrected chi connectivity index (χ0v) is 12.9. The van der Waals surface area contributed by atoms with Gasteiger partial charge in [-0.2, -0.15) is 0 Å². The fourth-order valence-electron chi connectivity index (χ4n) is 2.67. The minimum Gasteiger partial charge on any atom is -0.330 e. The van der Waals surface area contributed by atoms with Gasteiger partial charge in [-0.25, -0.2) is 0 Å². The smallest absolute Gasteiger partial charge is 0.0564 e. The Bertz CT molecular complexity index is 424.